The lowest BCUT2D eigenvalue weighted by Crippen LogP contribution is -2.32. The summed E-state index contributed by atoms with van der Waals surface area (Å²) in [5, 5.41) is 8.50. The Hall–Kier alpha value is -2.56. The Bertz CT molecular complexity index is 1040. The first kappa shape index (κ1) is 23.7. The number of carbonyl (C=O) groups is 1. The second-order valence-corrected chi connectivity index (χ2v) is 8.12. The van der Waals surface area contributed by atoms with Crippen molar-refractivity contribution in [2.24, 2.45) is 0 Å². The summed E-state index contributed by atoms with van der Waals surface area (Å²) in [4.78, 5) is 11.5. The molecule has 2 aromatic rings. The van der Waals surface area contributed by atoms with Crippen LogP contribution in [0.1, 0.15) is 15.9 Å². The molecule has 0 aliphatic carbocycles. The Balaban J connectivity index is 2.56. The van der Waals surface area contributed by atoms with E-state index < -0.39 is 39.2 Å². The minimum Gasteiger partial charge on any atom is -0.460 e. The molecule has 6 nitrogen and oxygen atoms in total. The fraction of sp³-hybridized carbons (Fsp3) is 0.211. The zero-order valence-electron chi connectivity index (χ0n) is 15.4. The van der Waals surface area contributed by atoms with E-state index in [2.05, 4.69) is 6.58 Å². The minimum atomic E-state index is -4.67. The molecular formula is C19H17ClF3NO5S. The highest BCUT2D eigenvalue weighted by Crippen LogP contribution is 2.34. The third kappa shape index (κ3) is 5.32. The molecule has 0 unspecified atom stereocenters. The highest BCUT2D eigenvalue weighted by atomic mass is 35.5. The third-order valence-electron chi connectivity index (χ3n) is 3.82. The molecule has 2 rings (SSSR count). The van der Waals surface area contributed by atoms with Crippen molar-refractivity contribution in [1.82, 2.24) is 0 Å². The van der Waals surface area contributed by atoms with Gasteiger partial charge in [-0.2, -0.15) is 13.2 Å². The summed E-state index contributed by atoms with van der Waals surface area (Å²) in [6.45, 7) is 2.38. The molecule has 0 aromatic heterocycles. The fourth-order valence-electron chi connectivity index (χ4n) is 2.47. The largest absolute Gasteiger partial charge is 0.460 e. The zero-order chi connectivity index (χ0) is 22.5. The summed E-state index contributed by atoms with van der Waals surface area (Å²) in [6.07, 6.45) is -3.47. The maximum atomic E-state index is 13.2. The van der Waals surface area contributed by atoms with E-state index in [1.807, 2.05) is 0 Å². The predicted octanol–water partition coefficient (Wildman–Crippen LogP) is 3.89. The standard InChI is InChI=1S/C19H17ClF3NO5S/c1-2-8-24(15-5-3-4-14(12-15)19(21,22)23)30(27,28)17-11-13(6-7-16(17)20)18(26)29-10-9-25/h2-7,11-12,25H,1,8-10H2. The summed E-state index contributed by atoms with van der Waals surface area (Å²) in [5.41, 5.74) is -1.44. The Labute approximate surface area is 176 Å². The first-order valence-electron chi connectivity index (χ1n) is 8.40. The second-order valence-electron chi connectivity index (χ2n) is 5.88. The van der Waals surface area contributed by atoms with Crippen LogP contribution in [0, 0.1) is 0 Å². The lowest BCUT2D eigenvalue weighted by molar-refractivity contribution is -0.137. The van der Waals surface area contributed by atoms with Gasteiger partial charge in [-0.1, -0.05) is 23.7 Å². The highest BCUT2D eigenvalue weighted by molar-refractivity contribution is 7.93. The van der Waals surface area contributed by atoms with Gasteiger partial charge in [0.25, 0.3) is 10.0 Å². The van der Waals surface area contributed by atoms with Crippen LogP contribution < -0.4 is 4.31 Å². The summed E-state index contributed by atoms with van der Waals surface area (Å²) in [6, 6.07) is 7.12. The normalized spacial score (nSPS) is 11.8. The number of aliphatic hydroxyl groups is 1. The van der Waals surface area contributed by atoms with Crippen molar-refractivity contribution in [3.8, 4) is 0 Å². The van der Waals surface area contributed by atoms with Gasteiger partial charge in [-0.05, 0) is 36.4 Å². The Morgan fingerprint density at radius 1 is 1.23 bits per heavy atom. The Morgan fingerprint density at radius 2 is 1.93 bits per heavy atom. The molecule has 30 heavy (non-hydrogen) atoms. The Morgan fingerprint density at radius 3 is 2.53 bits per heavy atom. The van der Waals surface area contributed by atoms with Gasteiger partial charge in [0.2, 0.25) is 0 Å². The van der Waals surface area contributed by atoms with Crippen molar-refractivity contribution in [2.75, 3.05) is 24.1 Å². The van der Waals surface area contributed by atoms with Gasteiger partial charge in [-0.15, -0.1) is 6.58 Å². The van der Waals surface area contributed by atoms with Gasteiger partial charge in [0.05, 0.1) is 35.0 Å². The second kappa shape index (κ2) is 9.50. The van der Waals surface area contributed by atoms with Crippen molar-refractivity contribution in [3.63, 3.8) is 0 Å². The van der Waals surface area contributed by atoms with E-state index in [0.29, 0.717) is 10.4 Å². The molecule has 0 fully saturated rings. The van der Waals surface area contributed by atoms with Crippen LogP contribution in [0.4, 0.5) is 18.9 Å². The van der Waals surface area contributed by atoms with Crippen LogP contribution in [0.25, 0.3) is 0 Å². The van der Waals surface area contributed by atoms with Gasteiger partial charge in [0.15, 0.2) is 0 Å². The van der Waals surface area contributed by atoms with Gasteiger partial charge in [-0.3, -0.25) is 4.31 Å². The quantitative estimate of drug-likeness (QED) is 0.474. The molecule has 11 heteroatoms. The fourth-order valence-corrected chi connectivity index (χ4v) is 4.40. The average molecular weight is 464 g/mol. The van der Waals surface area contributed by atoms with Crippen LogP contribution in [0.5, 0.6) is 0 Å². The SMILES string of the molecule is C=CCN(c1cccc(C(F)(F)F)c1)S(=O)(=O)c1cc(C(=O)OCCO)ccc1Cl. The molecule has 0 amide bonds. The van der Waals surface area contributed by atoms with Crippen molar-refractivity contribution >= 4 is 33.3 Å². The molecule has 1 N–H and O–H groups in total. The number of halogens is 4. The number of aliphatic hydroxyl groups excluding tert-OH is 1. The number of hydrogen-bond donors (Lipinski definition) is 1. The first-order valence-corrected chi connectivity index (χ1v) is 10.2. The molecular weight excluding hydrogens is 447 g/mol. The van der Waals surface area contributed by atoms with Crippen LogP contribution in [0.3, 0.4) is 0 Å². The van der Waals surface area contributed by atoms with Crippen LogP contribution in [0.15, 0.2) is 60.0 Å². The van der Waals surface area contributed by atoms with Crippen LogP contribution in [0.2, 0.25) is 5.02 Å². The minimum absolute atomic E-state index is 0.158. The molecule has 0 atom stereocenters. The number of rotatable bonds is 8. The molecule has 0 bridgehead atoms. The maximum absolute atomic E-state index is 13.2. The Kier molecular flexibility index (Phi) is 7.51. The summed E-state index contributed by atoms with van der Waals surface area (Å²) in [7, 11) is -4.48. The smallest absolute Gasteiger partial charge is 0.416 e. The first-order chi connectivity index (χ1) is 14.0. The molecule has 0 aliphatic heterocycles. The van der Waals surface area contributed by atoms with E-state index in [4.69, 9.17) is 21.4 Å². The molecule has 0 spiro atoms. The van der Waals surface area contributed by atoms with Gasteiger partial charge >= 0.3 is 12.1 Å². The number of nitrogens with zero attached hydrogens (tertiary/aromatic N) is 1. The molecule has 0 saturated heterocycles. The topological polar surface area (TPSA) is 83.9 Å². The van der Waals surface area contributed by atoms with Gasteiger partial charge in [0.1, 0.15) is 11.5 Å². The number of hydrogen-bond acceptors (Lipinski definition) is 5. The summed E-state index contributed by atoms with van der Waals surface area (Å²) < 4.78 is 71.1. The van der Waals surface area contributed by atoms with E-state index in [-0.39, 0.29) is 29.4 Å². The average Bonchev–Trinajstić information content (AvgIpc) is 2.69. The van der Waals surface area contributed by atoms with Gasteiger partial charge < -0.3 is 9.84 Å². The van der Waals surface area contributed by atoms with Crippen molar-refractivity contribution in [3.05, 3.63) is 71.3 Å². The van der Waals surface area contributed by atoms with Crippen molar-refractivity contribution in [2.45, 2.75) is 11.1 Å². The number of carbonyl (C=O) groups excluding carboxylic acids is 1. The number of sulfonamides is 1. The van der Waals surface area contributed by atoms with Gasteiger partial charge in [-0.25, -0.2) is 13.2 Å². The molecule has 0 radical (unpaired) electrons. The van der Waals surface area contributed by atoms with Crippen molar-refractivity contribution in [1.29, 1.82) is 0 Å². The number of ether oxygens (including phenoxy) is 1. The number of alkyl halides is 3. The van der Waals surface area contributed by atoms with E-state index in [0.717, 1.165) is 24.3 Å². The molecule has 0 saturated carbocycles. The molecule has 0 aliphatic rings. The van der Waals surface area contributed by atoms with E-state index in [1.165, 1.54) is 18.2 Å². The molecule has 0 heterocycles. The van der Waals surface area contributed by atoms with Crippen LogP contribution in [-0.4, -0.2) is 39.3 Å². The van der Waals surface area contributed by atoms with E-state index >= 15 is 0 Å². The summed E-state index contributed by atoms with van der Waals surface area (Å²) >= 11 is 6.02. The number of anilines is 1. The summed E-state index contributed by atoms with van der Waals surface area (Å²) in [5.74, 6) is -0.897. The predicted molar refractivity (Wildman–Crippen MR) is 105 cm³/mol. The molecule has 162 valence electrons. The monoisotopic (exact) mass is 463 g/mol. The van der Waals surface area contributed by atoms with Crippen LogP contribution >= 0.6 is 11.6 Å². The van der Waals surface area contributed by atoms with Crippen LogP contribution in [-0.2, 0) is 20.9 Å². The van der Waals surface area contributed by atoms with E-state index in [1.54, 1.807) is 0 Å². The third-order valence-corrected chi connectivity index (χ3v) is 6.09. The number of benzene rings is 2. The van der Waals surface area contributed by atoms with E-state index in [9.17, 15) is 26.4 Å². The lowest BCUT2D eigenvalue weighted by atomic mass is 10.2. The highest BCUT2D eigenvalue weighted by Gasteiger charge is 2.33. The van der Waals surface area contributed by atoms with Gasteiger partial charge in [0, 0.05) is 0 Å². The molecule has 2 aromatic carbocycles. The zero-order valence-corrected chi connectivity index (χ0v) is 17.0. The number of esters is 1. The van der Waals surface area contributed by atoms with Crippen molar-refractivity contribution < 1.29 is 36.2 Å². The maximum Gasteiger partial charge on any atom is 0.416 e. The lowest BCUT2D eigenvalue weighted by Gasteiger charge is -2.24.